The molecule has 2 aromatic carbocycles. The largest absolute Gasteiger partial charge is 0.468 e. The number of ketones is 1. The molecule has 32 heavy (non-hydrogen) atoms. The number of rotatable bonds is 7. The molecule has 2 aromatic rings. The lowest BCUT2D eigenvalue weighted by Gasteiger charge is -2.17. The Morgan fingerprint density at radius 3 is 2.16 bits per heavy atom. The van der Waals surface area contributed by atoms with Gasteiger partial charge in [-0.15, -0.1) is 0 Å². The number of esters is 2. The van der Waals surface area contributed by atoms with Crippen molar-refractivity contribution in [3.8, 4) is 0 Å². The summed E-state index contributed by atoms with van der Waals surface area (Å²) in [4.78, 5) is 49.8. The van der Waals surface area contributed by atoms with Gasteiger partial charge in [0.15, 0.2) is 11.2 Å². The molecule has 8 heteroatoms. The molecule has 1 aliphatic carbocycles. The molecule has 2 unspecified atom stereocenters. The number of benzene rings is 2. The van der Waals surface area contributed by atoms with Crippen LogP contribution in [0.2, 0.25) is 0 Å². The summed E-state index contributed by atoms with van der Waals surface area (Å²) in [6.07, 6.45) is 3.09. The maximum atomic E-state index is 13.5. The van der Waals surface area contributed by atoms with E-state index in [4.69, 9.17) is 9.47 Å². The zero-order valence-corrected chi connectivity index (χ0v) is 18.2. The predicted octanol–water partition coefficient (Wildman–Crippen LogP) is 3.77. The quantitative estimate of drug-likeness (QED) is 0.213. The summed E-state index contributed by atoms with van der Waals surface area (Å²) in [7, 11) is 2.28. The molecule has 1 fully saturated rings. The van der Waals surface area contributed by atoms with Crippen molar-refractivity contribution in [3.05, 3.63) is 81.4 Å². The van der Waals surface area contributed by atoms with Crippen molar-refractivity contribution < 1.29 is 28.8 Å². The first-order chi connectivity index (χ1) is 15.1. The molecule has 0 radical (unpaired) electrons. The fourth-order valence-electron chi connectivity index (χ4n) is 4.35. The average molecular weight is 437 g/mol. The Kier molecular flexibility index (Phi) is 5.98. The standard InChI is InChI=1S/C24H23NO7/c1-15-8-11-17(12-9-15)20(26)23(2)19(24(23,21(27)31-3)22(28)32-4)13-10-16-6-5-7-18(14-16)25(29)30/h5-14,19H,1-4H3/b13-10+. The molecule has 2 atom stereocenters. The molecule has 0 heterocycles. The van der Waals surface area contributed by atoms with Gasteiger partial charge in [-0.25, -0.2) is 0 Å². The number of aryl methyl sites for hydroxylation is 1. The number of Topliss-reactive ketones (excluding diaryl/α,β-unsaturated/α-hetero) is 1. The Balaban J connectivity index is 2.10. The predicted molar refractivity (Wildman–Crippen MR) is 116 cm³/mol. The van der Waals surface area contributed by atoms with Gasteiger partial charge in [0.2, 0.25) is 0 Å². The molecule has 1 saturated carbocycles. The third kappa shape index (κ3) is 3.37. The summed E-state index contributed by atoms with van der Waals surface area (Å²) >= 11 is 0. The van der Waals surface area contributed by atoms with E-state index in [2.05, 4.69) is 0 Å². The Morgan fingerprint density at radius 2 is 1.62 bits per heavy atom. The van der Waals surface area contributed by atoms with Crippen LogP contribution in [0.4, 0.5) is 5.69 Å². The van der Waals surface area contributed by atoms with Crippen LogP contribution in [0.1, 0.15) is 28.4 Å². The summed E-state index contributed by atoms with van der Waals surface area (Å²) in [5, 5.41) is 11.1. The highest BCUT2D eigenvalue weighted by Gasteiger charge is 2.86. The molecule has 0 bridgehead atoms. The van der Waals surface area contributed by atoms with Gasteiger partial charge in [0.25, 0.3) is 5.69 Å². The van der Waals surface area contributed by atoms with E-state index in [1.54, 1.807) is 42.5 Å². The highest BCUT2D eigenvalue weighted by molar-refractivity contribution is 6.17. The molecular weight excluding hydrogens is 414 g/mol. The molecule has 1 aliphatic rings. The number of nitrogens with zero attached hydrogens (tertiary/aromatic N) is 1. The van der Waals surface area contributed by atoms with Gasteiger partial charge in [-0.05, 0) is 19.4 Å². The topological polar surface area (TPSA) is 113 Å². The Hall–Kier alpha value is -3.81. The van der Waals surface area contributed by atoms with Crippen molar-refractivity contribution in [1.29, 1.82) is 0 Å². The molecule has 3 rings (SSSR count). The summed E-state index contributed by atoms with van der Waals surface area (Å²) in [5.74, 6) is -3.02. The van der Waals surface area contributed by atoms with Crippen molar-refractivity contribution in [2.24, 2.45) is 16.7 Å². The number of carbonyl (C=O) groups is 3. The molecule has 0 spiro atoms. The van der Waals surface area contributed by atoms with E-state index in [0.717, 1.165) is 19.8 Å². The van der Waals surface area contributed by atoms with Gasteiger partial charge in [0.1, 0.15) is 0 Å². The Labute approximate surface area is 185 Å². The number of non-ortho nitro benzene ring substituents is 1. The average Bonchev–Trinajstić information content (AvgIpc) is 3.36. The summed E-state index contributed by atoms with van der Waals surface area (Å²) < 4.78 is 9.84. The normalized spacial score (nSPS) is 21.1. The number of ether oxygens (including phenoxy) is 2. The molecule has 0 aliphatic heterocycles. The van der Waals surface area contributed by atoms with Gasteiger partial charge in [0.05, 0.1) is 24.6 Å². The van der Waals surface area contributed by atoms with Crippen LogP contribution in [0.25, 0.3) is 6.08 Å². The number of methoxy groups -OCH3 is 2. The van der Waals surface area contributed by atoms with E-state index in [9.17, 15) is 24.5 Å². The van der Waals surface area contributed by atoms with E-state index in [1.165, 1.54) is 25.1 Å². The second-order valence-electron chi connectivity index (χ2n) is 7.88. The minimum Gasteiger partial charge on any atom is -0.468 e. The Bertz CT molecular complexity index is 1100. The van der Waals surface area contributed by atoms with Gasteiger partial charge >= 0.3 is 11.9 Å². The monoisotopic (exact) mass is 437 g/mol. The minimum absolute atomic E-state index is 0.103. The molecule has 0 saturated heterocycles. The third-order valence-corrected chi connectivity index (χ3v) is 6.19. The smallest absolute Gasteiger partial charge is 0.324 e. The Morgan fingerprint density at radius 1 is 1.03 bits per heavy atom. The lowest BCUT2D eigenvalue weighted by Crippen LogP contribution is -2.36. The molecule has 0 N–H and O–H groups in total. The summed E-state index contributed by atoms with van der Waals surface area (Å²) in [5.41, 5.74) is -1.64. The van der Waals surface area contributed by atoms with Crippen molar-refractivity contribution in [2.75, 3.05) is 14.2 Å². The second-order valence-corrected chi connectivity index (χ2v) is 7.88. The van der Waals surface area contributed by atoms with E-state index < -0.39 is 39.4 Å². The highest BCUT2D eigenvalue weighted by atomic mass is 16.6. The molecule has 0 aromatic heterocycles. The number of carbonyl (C=O) groups excluding carboxylic acids is 3. The zero-order valence-electron chi connectivity index (χ0n) is 18.2. The maximum absolute atomic E-state index is 13.5. The number of nitro groups is 1. The van der Waals surface area contributed by atoms with Crippen LogP contribution in [-0.4, -0.2) is 36.9 Å². The maximum Gasteiger partial charge on any atom is 0.324 e. The highest BCUT2D eigenvalue weighted by Crippen LogP contribution is 2.72. The fraction of sp³-hybridized carbons (Fsp3) is 0.292. The lowest BCUT2D eigenvalue weighted by molar-refractivity contribution is -0.384. The van der Waals surface area contributed by atoms with Crippen molar-refractivity contribution >= 4 is 29.5 Å². The van der Waals surface area contributed by atoms with Crippen molar-refractivity contribution in [1.82, 2.24) is 0 Å². The lowest BCUT2D eigenvalue weighted by atomic mass is 9.86. The van der Waals surface area contributed by atoms with Crippen molar-refractivity contribution in [2.45, 2.75) is 13.8 Å². The third-order valence-electron chi connectivity index (χ3n) is 6.19. The number of hydrogen-bond donors (Lipinski definition) is 0. The van der Waals surface area contributed by atoms with Crippen LogP contribution < -0.4 is 0 Å². The van der Waals surface area contributed by atoms with E-state index in [-0.39, 0.29) is 5.69 Å². The van der Waals surface area contributed by atoms with Crippen LogP contribution in [0.5, 0.6) is 0 Å². The van der Waals surface area contributed by atoms with Crippen LogP contribution >= 0.6 is 0 Å². The van der Waals surface area contributed by atoms with Crippen LogP contribution in [0.15, 0.2) is 54.6 Å². The van der Waals surface area contributed by atoms with Gasteiger partial charge in [-0.3, -0.25) is 24.5 Å². The van der Waals surface area contributed by atoms with E-state index in [1.807, 2.05) is 6.92 Å². The second kappa shape index (κ2) is 8.37. The number of allylic oxidation sites excluding steroid dienone is 1. The van der Waals surface area contributed by atoms with E-state index in [0.29, 0.717) is 11.1 Å². The van der Waals surface area contributed by atoms with Gasteiger partial charge in [-0.2, -0.15) is 0 Å². The fourth-order valence-corrected chi connectivity index (χ4v) is 4.35. The first-order valence-corrected chi connectivity index (χ1v) is 9.85. The molecule has 8 nitrogen and oxygen atoms in total. The molecular formula is C24H23NO7. The number of hydrogen-bond acceptors (Lipinski definition) is 7. The summed E-state index contributed by atoms with van der Waals surface area (Å²) in [6.45, 7) is 3.41. The van der Waals surface area contributed by atoms with Crippen molar-refractivity contribution in [3.63, 3.8) is 0 Å². The first-order valence-electron chi connectivity index (χ1n) is 9.85. The van der Waals surface area contributed by atoms with Crippen LogP contribution in [0, 0.1) is 33.8 Å². The van der Waals surface area contributed by atoms with E-state index >= 15 is 0 Å². The first kappa shape index (κ1) is 22.9. The molecule has 0 amide bonds. The van der Waals surface area contributed by atoms with Gasteiger partial charge in [-0.1, -0.05) is 54.1 Å². The van der Waals surface area contributed by atoms with Crippen LogP contribution in [-0.2, 0) is 19.1 Å². The van der Waals surface area contributed by atoms with Gasteiger partial charge < -0.3 is 9.47 Å². The minimum atomic E-state index is -1.87. The SMILES string of the molecule is COC(=O)C1(C(=O)OC)C(/C=C/c2cccc([N+](=O)[O-])c2)C1(C)C(=O)c1ccc(C)cc1. The molecule has 166 valence electrons. The number of nitro benzene ring substituents is 1. The van der Waals surface area contributed by atoms with Gasteiger partial charge in [0, 0.05) is 23.6 Å². The van der Waals surface area contributed by atoms with Crippen LogP contribution in [0.3, 0.4) is 0 Å². The zero-order chi connectivity index (χ0) is 23.7. The summed E-state index contributed by atoms with van der Waals surface area (Å²) in [6, 6.07) is 12.7.